The minimum Gasteiger partial charge on any atom is -0.351 e. The third kappa shape index (κ3) is 3.06. The second-order valence-electron chi connectivity index (χ2n) is 6.62. The van der Waals surface area contributed by atoms with Crippen molar-refractivity contribution in [3.8, 4) is 0 Å². The average molecular weight is 376 g/mol. The Balaban J connectivity index is 1.62. The first-order chi connectivity index (χ1) is 12.1. The molecule has 0 aliphatic carbocycles. The van der Waals surface area contributed by atoms with Gasteiger partial charge in [-0.2, -0.15) is 0 Å². The van der Waals surface area contributed by atoms with Crippen LogP contribution >= 0.6 is 22.7 Å². The summed E-state index contributed by atoms with van der Waals surface area (Å²) < 4.78 is 0. The Bertz CT molecular complexity index is 771. The maximum Gasteiger partial charge on any atom is 0.314 e. The van der Waals surface area contributed by atoms with Gasteiger partial charge in [-0.05, 0) is 47.7 Å². The minimum atomic E-state index is -0.425. The fourth-order valence-electron chi connectivity index (χ4n) is 3.92. The van der Waals surface area contributed by atoms with E-state index in [1.165, 1.54) is 15.3 Å². The molecule has 0 spiro atoms. The molecular formula is C18H21N3O2S2. The number of hydrogen-bond acceptors (Lipinski definition) is 4. The fraction of sp³-hybridized carbons (Fsp3) is 0.444. The van der Waals surface area contributed by atoms with Crippen LogP contribution in [0.2, 0.25) is 0 Å². The number of amides is 3. The molecule has 2 aromatic rings. The highest BCUT2D eigenvalue weighted by atomic mass is 32.1. The van der Waals surface area contributed by atoms with Gasteiger partial charge in [-0.15, -0.1) is 22.7 Å². The molecule has 0 radical (unpaired) electrons. The molecule has 3 amide bonds. The van der Waals surface area contributed by atoms with E-state index in [1.807, 2.05) is 11.0 Å². The molecule has 0 bridgehead atoms. The van der Waals surface area contributed by atoms with Crippen molar-refractivity contribution < 1.29 is 9.59 Å². The van der Waals surface area contributed by atoms with Crippen LogP contribution in [-0.2, 0) is 11.2 Å². The number of likely N-dealkylation sites (tertiary alicyclic amines) is 1. The lowest BCUT2D eigenvalue weighted by Gasteiger charge is -2.40. The van der Waals surface area contributed by atoms with Crippen molar-refractivity contribution in [3.63, 3.8) is 0 Å². The molecule has 5 nitrogen and oxygen atoms in total. The van der Waals surface area contributed by atoms with Crippen LogP contribution in [0.1, 0.15) is 34.2 Å². The average Bonchev–Trinajstić information content (AvgIpc) is 3.31. The van der Waals surface area contributed by atoms with E-state index >= 15 is 0 Å². The Morgan fingerprint density at radius 3 is 2.80 bits per heavy atom. The van der Waals surface area contributed by atoms with Crippen LogP contribution in [0.3, 0.4) is 0 Å². The van der Waals surface area contributed by atoms with E-state index in [0.29, 0.717) is 13.1 Å². The highest BCUT2D eigenvalue weighted by Gasteiger charge is 2.38. The topological polar surface area (TPSA) is 66.6 Å². The van der Waals surface area contributed by atoms with E-state index in [2.05, 4.69) is 22.9 Å². The van der Waals surface area contributed by atoms with Crippen LogP contribution in [0.15, 0.2) is 29.0 Å². The molecule has 0 unspecified atom stereocenters. The Morgan fingerprint density at radius 2 is 2.04 bits per heavy atom. The summed E-state index contributed by atoms with van der Waals surface area (Å²) >= 11 is 3.47. The summed E-state index contributed by atoms with van der Waals surface area (Å²) in [6.07, 6.45) is 2.57. The Morgan fingerprint density at radius 1 is 1.16 bits per heavy atom. The Hall–Kier alpha value is -1.86. The van der Waals surface area contributed by atoms with E-state index in [4.69, 9.17) is 5.73 Å². The van der Waals surface area contributed by atoms with Gasteiger partial charge in [-0.3, -0.25) is 4.79 Å². The molecule has 2 aliphatic heterocycles. The van der Waals surface area contributed by atoms with Crippen LogP contribution in [-0.4, -0.2) is 41.4 Å². The van der Waals surface area contributed by atoms with Gasteiger partial charge in [-0.1, -0.05) is 6.07 Å². The van der Waals surface area contributed by atoms with Crippen molar-refractivity contribution in [1.82, 2.24) is 9.80 Å². The maximum absolute atomic E-state index is 13.3. The number of nitrogens with two attached hydrogens (primary N) is 1. The number of rotatable bonds is 2. The molecule has 132 valence electrons. The van der Waals surface area contributed by atoms with E-state index in [1.54, 1.807) is 27.6 Å². The van der Waals surface area contributed by atoms with Crippen molar-refractivity contribution in [3.05, 3.63) is 44.3 Å². The van der Waals surface area contributed by atoms with Crippen LogP contribution in [0.25, 0.3) is 0 Å². The van der Waals surface area contributed by atoms with E-state index < -0.39 is 6.03 Å². The van der Waals surface area contributed by atoms with Crippen molar-refractivity contribution in [1.29, 1.82) is 0 Å². The van der Waals surface area contributed by atoms with Gasteiger partial charge >= 0.3 is 6.03 Å². The fourth-order valence-corrected chi connectivity index (χ4v) is 5.68. The largest absolute Gasteiger partial charge is 0.351 e. The van der Waals surface area contributed by atoms with Crippen LogP contribution in [0.5, 0.6) is 0 Å². The molecule has 7 heteroatoms. The molecule has 4 heterocycles. The zero-order valence-corrected chi connectivity index (χ0v) is 15.5. The zero-order valence-electron chi connectivity index (χ0n) is 13.9. The minimum absolute atomic E-state index is 0.00598. The summed E-state index contributed by atoms with van der Waals surface area (Å²) in [5.41, 5.74) is 6.69. The molecule has 0 aromatic carbocycles. The number of carbonyl (C=O) groups excluding carboxylic acids is 2. The molecule has 2 aliphatic rings. The van der Waals surface area contributed by atoms with Crippen molar-refractivity contribution in [2.45, 2.75) is 25.3 Å². The summed E-state index contributed by atoms with van der Waals surface area (Å²) in [5.74, 6) is 0.00472. The number of piperidine rings is 1. The molecule has 25 heavy (non-hydrogen) atoms. The number of fused-ring (bicyclic) bond motifs is 1. The number of urea groups is 1. The van der Waals surface area contributed by atoms with E-state index in [0.717, 1.165) is 25.8 Å². The lowest BCUT2D eigenvalue weighted by molar-refractivity contribution is -0.139. The highest BCUT2D eigenvalue weighted by molar-refractivity contribution is 7.10. The summed E-state index contributed by atoms with van der Waals surface area (Å²) in [7, 11) is 0. The zero-order chi connectivity index (χ0) is 17.4. The van der Waals surface area contributed by atoms with Gasteiger partial charge < -0.3 is 15.5 Å². The molecule has 1 fully saturated rings. The second-order valence-corrected chi connectivity index (χ2v) is 8.60. The third-order valence-corrected chi connectivity index (χ3v) is 7.07. The van der Waals surface area contributed by atoms with Gasteiger partial charge in [0.05, 0.1) is 12.0 Å². The Kier molecular flexibility index (Phi) is 4.52. The summed E-state index contributed by atoms with van der Waals surface area (Å²) in [6, 6.07) is 5.88. The van der Waals surface area contributed by atoms with Crippen molar-refractivity contribution in [2.24, 2.45) is 11.7 Å². The summed E-state index contributed by atoms with van der Waals surface area (Å²) in [4.78, 5) is 31.0. The number of primary amides is 1. The van der Waals surface area contributed by atoms with Gasteiger partial charge in [0, 0.05) is 29.4 Å². The van der Waals surface area contributed by atoms with Gasteiger partial charge in [0.1, 0.15) is 0 Å². The number of nitrogens with zero attached hydrogens (tertiary/aromatic N) is 2. The van der Waals surface area contributed by atoms with E-state index in [-0.39, 0.29) is 17.9 Å². The molecule has 4 rings (SSSR count). The SMILES string of the molecule is NC(=O)N1CCC[C@@H](C(=O)N2CCc3sccc3[C@@H]2c2cccs2)C1. The van der Waals surface area contributed by atoms with E-state index in [9.17, 15) is 9.59 Å². The van der Waals surface area contributed by atoms with Gasteiger partial charge in [0.15, 0.2) is 0 Å². The lowest BCUT2D eigenvalue weighted by Crippen LogP contribution is -2.50. The molecule has 2 aromatic heterocycles. The summed E-state index contributed by atoms with van der Waals surface area (Å²) in [6.45, 7) is 1.84. The standard InChI is InChI=1S/C18H21N3O2S2/c19-18(23)20-7-1-3-12(11-20)17(22)21-8-5-14-13(6-10-25-14)16(21)15-4-2-9-24-15/h2,4,6,9-10,12,16H,1,3,5,7-8,11H2,(H2,19,23)/t12-,16-/m1/s1. The quantitative estimate of drug-likeness (QED) is 0.876. The monoisotopic (exact) mass is 375 g/mol. The summed E-state index contributed by atoms with van der Waals surface area (Å²) in [5, 5.41) is 4.18. The van der Waals surface area contributed by atoms with Crippen molar-refractivity contribution in [2.75, 3.05) is 19.6 Å². The van der Waals surface area contributed by atoms with Gasteiger partial charge in [0.25, 0.3) is 0 Å². The van der Waals surface area contributed by atoms with Crippen LogP contribution in [0.4, 0.5) is 4.79 Å². The van der Waals surface area contributed by atoms with Crippen LogP contribution in [0, 0.1) is 5.92 Å². The second kappa shape index (κ2) is 6.80. The maximum atomic E-state index is 13.3. The lowest BCUT2D eigenvalue weighted by atomic mass is 9.92. The van der Waals surface area contributed by atoms with Gasteiger partial charge in [-0.25, -0.2) is 4.79 Å². The van der Waals surface area contributed by atoms with Gasteiger partial charge in [0.2, 0.25) is 5.91 Å². The smallest absolute Gasteiger partial charge is 0.314 e. The molecular weight excluding hydrogens is 354 g/mol. The normalized spacial score (nSPS) is 23.4. The van der Waals surface area contributed by atoms with Crippen molar-refractivity contribution >= 4 is 34.6 Å². The number of carbonyl (C=O) groups is 2. The van der Waals surface area contributed by atoms with Crippen LogP contribution < -0.4 is 5.73 Å². The Labute approximate surface area is 155 Å². The third-order valence-electron chi connectivity index (χ3n) is 5.14. The predicted molar refractivity (Wildman–Crippen MR) is 99.8 cm³/mol. The number of hydrogen-bond donors (Lipinski definition) is 1. The highest BCUT2D eigenvalue weighted by Crippen LogP contribution is 2.40. The first-order valence-electron chi connectivity index (χ1n) is 8.59. The molecule has 1 saturated heterocycles. The molecule has 0 saturated carbocycles. The molecule has 2 atom stereocenters. The first-order valence-corrected chi connectivity index (χ1v) is 10.4. The number of thiophene rings is 2. The molecule has 2 N–H and O–H groups in total. The first kappa shape index (κ1) is 16.6. The predicted octanol–water partition coefficient (Wildman–Crippen LogP) is 3.07.